The van der Waals surface area contributed by atoms with Gasteiger partial charge in [0.15, 0.2) is 0 Å². The molecule has 3 nitrogen and oxygen atoms in total. The molecule has 0 fully saturated rings. The molecule has 0 aliphatic carbocycles. The average molecular weight is 271 g/mol. The summed E-state index contributed by atoms with van der Waals surface area (Å²) in [6, 6.07) is 0. The third kappa shape index (κ3) is 22.5. The first-order valence-electron chi connectivity index (χ1n) is 7.43. The highest BCUT2D eigenvalue weighted by Gasteiger charge is 2.02. The van der Waals surface area contributed by atoms with Gasteiger partial charge >= 0.3 is 0 Å². The summed E-state index contributed by atoms with van der Waals surface area (Å²) in [4.78, 5) is 8.32. The molecule has 0 heterocycles. The van der Waals surface area contributed by atoms with Crippen LogP contribution in [-0.4, -0.2) is 18.6 Å². The van der Waals surface area contributed by atoms with Crippen LogP contribution >= 0.6 is 0 Å². The first-order chi connectivity index (χ1) is 8.97. The molecule has 3 heteroatoms. The van der Waals surface area contributed by atoms with Crippen molar-refractivity contribution in [1.29, 1.82) is 0 Å². The molecule has 0 unspecified atom stereocenters. The molecule has 0 aliphatic rings. The van der Waals surface area contributed by atoms with E-state index >= 15 is 0 Å². The van der Waals surface area contributed by atoms with Crippen molar-refractivity contribution in [3.05, 3.63) is 11.8 Å². The lowest BCUT2D eigenvalue weighted by Crippen LogP contribution is -2.09. The van der Waals surface area contributed by atoms with Crippen LogP contribution in [0.15, 0.2) is 21.8 Å². The van der Waals surface area contributed by atoms with E-state index in [-0.39, 0.29) is 0 Å². The van der Waals surface area contributed by atoms with E-state index in [1.807, 2.05) is 61.5 Å². The largest absolute Gasteiger partial charge is 0.402 e. The Kier molecular flexibility index (Phi) is 30.8. The molecule has 19 heavy (non-hydrogen) atoms. The third-order valence-electron chi connectivity index (χ3n) is 1.58. The lowest BCUT2D eigenvalue weighted by atomic mass is 10.1. The first kappa shape index (κ1) is 26.4. The molecule has 0 spiro atoms. The van der Waals surface area contributed by atoms with Crippen molar-refractivity contribution >= 4 is 11.5 Å². The number of amidine groups is 1. The minimum atomic E-state index is 0.371. The first-order valence-corrected chi connectivity index (χ1v) is 7.43. The van der Waals surface area contributed by atoms with Crippen LogP contribution in [0.4, 0.5) is 0 Å². The molecule has 0 atom stereocenters. The van der Waals surface area contributed by atoms with Gasteiger partial charge < -0.3 is 5.73 Å². The van der Waals surface area contributed by atoms with E-state index in [2.05, 4.69) is 23.8 Å². The number of nitrogens with zero attached hydrogens (tertiary/aromatic N) is 2. The molecule has 0 aromatic heterocycles. The summed E-state index contributed by atoms with van der Waals surface area (Å²) in [6.45, 7) is 19.9. The second-order valence-electron chi connectivity index (χ2n) is 3.35. The Bertz CT molecular complexity index is 245. The molecule has 0 saturated carbocycles. The molecular formula is C16H37N3. The number of nitrogens with two attached hydrogens (primary N) is 1. The van der Waals surface area contributed by atoms with Crippen molar-refractivity contribution in [1.82, 2.24) is 0 Å². The van der Waals surface area contributed by atoms with Gasteiger partial charge in [0, 0.05) is 18.5 Å². The standard InChI is InChI=1S/C10H19N3.3C2H6/c1-7(2)10(6-8(3)11)13-9(4)12-5;3*1-2/h6-7H,11H2,1-5H3;3*1-2H3/b8-6-,12-9?,13-10?;;;. The van der Waals surface area contributed by atoms with Crippen LogP contribution in [0.1, 0.15) is 69.2 Å². The lowest BCUT2D eigenvalue weighted by Gasteiger charge is -2.05. The van der Waals surface area contributed by atoms with Gasteiger partial charge in [-0.25, -0.2) is 4.99 Å². The van der Waals surface area contributed by atoms with Crippen LogP contribution in [0.5, 0.6) is 0 Å². The highest BCUT2D eigenvalue weighted by molar-refractivity contribution is 6.04. The summed E-state index contributed by atoms with van der Waals surface area (Å²) in [5.41, 5.74) is 7.34. The second-order valence-corrected chi connectivity index (χ2v) is 3.35. The predicted octanol–water partition coefficient (Wildman–Crippen LogP) is 5.07. The highest BCUT2D eigenvalue weighted by atomic mass is 14.9. The zero-order valence-corrected chi connectivity index (χ0v) is 15.1. The lowest BCUT2D eigenvalue weighted by molar-refractivity contribution is 0.889. The maximum absolute atomic E-state index is 5.59. The smallest absolute Gasteiger partial charge is 0.120 e. The predicted molar refractivity (Wildman–Crippen MR) is 93.3 cm³/mol. The fraction of sp³-hybridized carbons (Fsp3) is 0.750. The van der Waals surface area contributed by atoms with Crippen molar-refractivity contribution < 1.29 is 0 Å². The van der Waals surface area contributed by atoms with Crippen molar-refractivity contribution in [2.45, 2.75) is 69.2 Å². The quantitative estimate of drug-likeness (QED) is 0.553. The van der Waals surface area contributed by atoms with Crippen LogP contribution in [0.2, 0.25) is 0 Å². The molecular weight excluding hydrogens is 234 g/mol. The molecule has 0 amide bonds. The normalized spacial score (nSPS) is 11.5. The van der Waals surface area contributed by atoms with E-state index in [1.165, 1.54) is 0 Å². The van der Waals surface area contributed by atoms with Crippen LogP contribution in [0, 0.1) is 5.92 Å². The number of aliphatic imine (C=N–C) groups is 2. The number of hydrogen-bond donors (Lipinski definition) is 1. The van der Waals surface area contributed by atoms with Crippen molar-refractivity contribution in [2.75, 3.05) is 7.05 Å². The highest BCUT2D eigenvalue weighted by Crippen LogP contribution is 2.01. The molecule has 0 aromatic rings. The molecule has 116 valence electrons. The number of allylic oxidation sites excluding steroid dienone is 2. The van der Waals surface area contributed by atoms with E-state index in [1.54, 1.807) is 7.05 Å². The Hall–Kier alpha value is -1.12. The summed E-state index contributed by atoms with van der Waals surface area (Å²) < 4.78 is 0. The van der Waals surface area contributed by atoms with Gasteiger partial charge in [0.25, 0.3) is 0 Å². The van der Waals surface area contributed by atoms with Crippen molar-refractivity contribution in [2.24, 2.45) is 21.6 Å². The molecule has 0 radical (unpaired) electrons. The maximum atomic E-state index is 5.59. The fourth-order valence-electron chi connectivity index (χ4n) is 0.798. The third-order valence-corrected chi connectivity index (χ3v) is 1.58. The molecule has 0 bridgehead atoms. The van der Waals surface area contributed by atoms with Gasteiger partial charge in [-0.1, -0.05) is 55.4 Å². The summed E-state index contributed by atoms with van der Waals surface area (Å²) in [7, 11) is 1.73. The van der Waals surface area contributed by atoms with Crippen LogP contribution in [0.3, 0.4) is 0 Å². The SMILES string of the molecule is CC.CC.CC.CN=C(C)N=C(/C=C(/C)N)C(C)C. The van der Waals surface area contributed by atoms with E-state index < -0.39 is 0 Å². The number of hydrogen-bond acceptors (Lipinski definition) is 2. The molecule has 0 saturated heterocycles. The van der Waals surface area contributed by atoms with Gasteiger partial charge in [-0.2, -0.15) is 0 Å². The van der Waals surface area contributed by atoms with Gasteiger partial charge in [-0.05, 0) is 25.8 Å². The average Bonchev–Trinajstić information content (AvgIpc) is 2.44. The minimum absolute atomic E-state index is 0.371. The van der Waals surface area contributed by atoms with Gasteiger partial charge in [0.1, 0.15) is 5.84 Å². The summed E-state index contributed by atoms with van der Waals surface area (Å²) in [5, 5.41) is 0. The summed E-state index contributed by atoms with van der Waals surface area (Å²) in [6.07, 6.45) is 1.89. The van der Waals surface area contributed by atoms with E-state index in [9.17, 15) is 0 Å². The summed E-state index contributed by atoms with van der Waals surface area (Å²) in [5.74, 6) is 1.15. The van der Waals surface area contributed by atoms with Gasteiger partial charge in [0.05, 0.1) is 0 Å². The molecule has 0 rings (SSSR count). The van der Waals surface area contributed by atoms with Gasteiger partial charge in [-0.15, -0.1) is 0 Å². The van der Waals surface area contributed by atoms with Crippen LogP contribution in [0.25, 0.3) is 0 Å². The zero-order chi connectivity index (χ0) is 16.4. The van der Waals surface area contributed by atoms with Gasteiger partial charge in [0.2, 0.25) is 0 Å². The van der Waals surface area contributed by atoms with E-state index in [0.29, 0.717) is 5.92 Å². The molecule has 0 aliphatic heterocycles. The van der Waals surface area contributed by atoms with E-state index in [0.717, 1.165) is 17.2 Å². The van der Waals surface area contributed by atoms with Crippen molar-refractivity contribution in [3.8, 4) is 0 Å². The Morgan fingerprint density at radius 3 is 1.53 bits per heavy atom. The zero-order valence-electron chi connectivity index (χ0n) is 15.1. The Balaban J connectivity index is -0.000000163. The van der Waals surface area contributed by atoms with Gasteiger partial charge in [-0.3, -0.25) is 4.99 Å². The summed E-state index contributed by atoms with van der Waals surface area (Å²) >= 11 is 0. The maximum Gasteiger partial charge on any atom is 0.120 e. The molecule has 0 aromatic carbocycles. The van der Waals surface area contributed by atoms with Crippen molar-refractivity contribution in [3.63, 3.8) is 0 Å². The Morgan fingerprint density at radius 1 is 0.947 bits per heavy atom. The van der Waals surface area contributed by atoms with E-state index in [4.69, 9.17) is 5.73 Å². The monoisotopic (exact) mass is 271 g/mol. The Morgan fingerprint density at radius 2 is 1.32 bits per heavy atom. The second kappa shape index (κ2) is 22.1. The fourth-order valence-corrected chi connectivity index (χ4v) is 0.798. The minimum Gasteiger partial charge on any atom is -0.402 e. The van der Waals surface area contributed by atoms with Crippen LogP contribution in [-0.2, 0) is 0 Å². The Labute approximate surface area is 122 Å². The number of rotatable bonds is 2. The van der Waals surface area contributed by atoms with Crippen LogP contribution < -0.4 is 5.73 Å². The topological polar surface area (TPSA) is 50.7 Å². The molecule has 2 N–H and O–H groups in total.